The summed E-state index contributed by atoms with van der Waals surface area (Å²) in [5, 5.41) is 3.63. The van der Waals surface area contributed by atoms with Crippen LogP contribution in [0, 0.1) is 5.92 Å². The fraction of sp³-hybridized carbons (Fsp3) is 1.00. The van der Waals surface area contributed by atoms with Crippen molar-refractivity contribution in [1.29, 1.82) is 0 Å². The van der Waals surface area contributed by atoms with Gasteiger partial charge in [0.05, 0.1) is 0 Å². The molecule has 0 aromatic rings. The highest BCUT2D eigenvalue weighted by molar-refractivity contribution is 4.85. The van der Waals surface area contributed by atoms with Crippen LogP contribution in [-0.2, 0) is 0 Å². The smallest absolute Gasteiger partial charge is 0.0218 e. The van der Waals surface area contributed by atoms with Crippen LogP contribution in [0.1, 0.15) is 40.5 Å². The van der Waals surface area contributed by atoms with Gasteiger partial charge in [-0.05, 0) is 25.8 Å². The molecular formula is C12H26N2. The molecule has 14 heavy (non-hydrogen) atoms. The maximum absolute atomic E-state index is 3.63. The molecule has 0 aromatic carbocycles. The van der Waals surface area contributed by atoms with Crippen molar-refractivity contribution in [3.8, 4) is 0 Å². The standard InChI is InChI=1S/C12H26N2/c1-5-6-7-14-9-12(10(2)3)13-8-11(14)4/h10-13H,5-9H2,1-4H3. The lowest BCUT2D eigenvalue weighted by Crippen LogP contribution is -2.57. The van der Waals surface area contributed by atoms with Gasteiger partial charge in [-0.25, -0.2) is 0 Å². The Kier molecular flexibility index (Phi) is 4.90. The van der Waals surface area contributed by atoms with Gasteiger partial charge in [-0.3, -0.25) is 4.90 Å². The average molecular weight is 198 g/mol. The zero-order chi connectivity index (χ0) is 10.6. The van der Waals surface area contributed by atoms with Crippen molar-refractivity contribution in [1.82, 2.24) is 10.2 Å². The number of rotatable bonds is 4. The first-order valence-corrected chi connectivity index (χ1v) is 6.12. The minimum atomic E-state index is 0.697. The molecule has 0 amide bonds. The normalized spacial score (nSPS) is 29.8. The molecule has 0 aliphatic carbocycles. The molecule has 1 aliphatic rings. The van der Waals surface area contributed by atoms with E-state index in [0.29, 0.717) is 6.04 Å². The van der Waals surface area contributed by atoms with Crippen molar-refractivity contribution < 1.29 is 0 Å². The minimum absolute atomic E-state index is 0.697. The van der Waals surface area contributed by atoms with Gasteiger partial charge in [0.15, 0.2) is 0 Å². The summed E-state index contributed by atoms with van der Waals surface area (Å²) in [6.45, 7) is 12.9. The highest BCUT2D eigenvalue weighted by Gasteiger charge is 2.25. The molecule has 84 valence electrons. The molecule has 0 radical (unpaired) electrons. The highest BCUT2D eigenvalue weighted by Crippen LogP contribution is 2.13. The molecule has 0 saturated carbocycles. The first-order valence-electron chi connectivity index (χ1n) is 6.12. The summed E-state index contributed by atoms with van der Waals surface area (Å²) in [6.07, 6.45) is 2.65. The van der Waals surface area contributed by atoms with E-state index in [1.165, 1.54) is 25.9 Å². The van der Waals surface area contributed by atoms with Crippen LogP contribution in [0.2, 0.25) is 0 Å². The summed E-state index contributed by atoms with van der Waals surface area (Å²) in [7, 11) is 0. The topological polar surface area (TPSA) is 15.3 Å². The quantitative estimate of drug-likeness (QED) is 0.744. The van der Waals surface area contributed by atoms with Crippen molar-refractivity contribution >= 4 is 0 Å². The predicted molar refractivity (Wildman–Crippen MR) is 62.6 cm³/mol. The summed E-state index contributed by atoms with van der Waals surface area (Å²) in [6, 6.07) is 1.42. The SMILES string of the molecule is CCCCN1CC(C(C)C)NCC1C. The highest BCUT2D eigenvalue weighted by atomic mass is 15.2. The van der Waals surface area contributed by atoms with E-state index in [9.17, 15) is 0 Å². The lowest BCUT2D eigenvalue weighted by molar-refractivity contribution is 0.121. The molecule has 2 heteroatoms. The molecule has 1 aliphatic heterocycles. The van der Waals surface area contributed by atoms with Gasteiger partial charge in [0.1, 0.15) is 0 Å². The van der Waals surface area contributed by atoms with E-state index < -0.39 is 0 Å². The third-order valence-electron chi connectivity index (χ3n) is 3.33. The summed E-state index contributed by atoms with van der Waals surface area (Å²) in [5.41, 5.74) is 0. The maximum atomic E-state index is 3.63. The molecule has 1 fully saturated rings. The van der Waals surface area contributed by atoms with E-state index in [-0.39, 0.29) is 0 Å². The van der Waals surface area contributed by atoms with Crippen molar-refractivity contribution in [3.05, 3.63) is 0 Å². The van der Waals surface area contributed by atoms with Crippen molar-refractivity contribution in [2.45, 2.75) is 52.6 Å². The van der Waals surface area contributed by atoms with Gasteiger partial charge >= 0.3 is 0 Å². The molecule has 2 nitrogen and oxygen atoms in total. The Morgan fingerprint density at radius 1 is 1.43 bits per heavy atom. The van der Waals surface area contributed by atoms with Crippen LogP contribution >= 0.6 is 0 Å². The minimum Gasteiger partial charge on any atom is -0.311 e. The lowest BCUT2D eigenvalue weighted by Gasteiger charge is -2.40. The summed E-state index contributed by atoms with van der Waals surface area (Å²) >= 11 is 0. The summed E-state index contributed by atoms with van der Waals surface area (Å²) in [5.74, 6) is 0.756. The van der Waals surface area contributed by atoms with Gasteiger partial charge in [0, 0.05) is 25.2 Å². The van der Waals surface area contributed by atoms with Gasteiger partial charge in [-0.2, -0.15) is 0 Å². The van der Waals surface area contributed by atoms with E-state index >= 15 is 0 Å². The molecule has 2 atom stereocenters. The van der Waals surface area contributed by atoms with Gasteiger partial charge in [-0.15, -0.1) is 0 Å². The average Bonchev–Trinajstić information content (AvgIpc) is 2.16. The van der Waals surface area contributed by atoms with E-state index in [1.54, 1.807) is 0 Å². The van der Waals surface area contributed by atoms with Crippen molar-refractivity contribution in [3.63, 3.8) is 0 Å². The number of nitrogens with one attached hydrogen (secondary N) is 1. The Morgan fingerprint density at radius 3 is 2.71 bits per heavy atom. The van der Waals surface area contributed by atoms with Crippen LogP contribution in [0.4, 0.5) is 0 Å². The number of unbranched alkanes of at least 4 members (excludes halogenated alkanes) is 1. The molecule has 1 rings (SSSR count). The molecule has 2 unspecified atom stereocenters. The summed E-state index contributed by atoms with van der Waals surface area (Å²) in [4.78, 5) is 2.64. The molecule has 1 N–H and O–H groups in total. The fourth-order valence-corrected chi connectivity index (χ4v) is 2.07. The molecule has 0 spiro atoms. The van der Waals surface area contributed by atoms with Crippen molar-refractivity contribution in [2.24, 2.45) is 5.92 Å². The van der Waals surface area contributed by atoms with E-state index in [0.717, 1.165) is 18.5 Å². The van der Waals surface area contributed by atoms with Gasteiger partial charge in [0.2, 0.25) is 0 Å². The van der Waals surface area contributed by atoms with Gasteiger partial charge in [0.25, 0.3) is 0 Å². The number of piperazine rings is 1. The largest absolute Gasteiger partial charge is 0.311 e. The number of hydrogen-bond acceptors (Lipinski definition) is 2. The zero-order valence-corrected chi connectivity index (χ0v) is 10.2. The second-order valence-corrected chi connectivity index (χ2v) is 4.96. The first kappa shape index (κ1) is 12.0. The second kappa shape index (κ2) is 5.72. The Bertz CT molecular complexity index is 156. The van der Waals surface area contributed by atoms with Crippen LogP contribution in [0.15, 0.2) is 0 Å². The molecule has 1 heterocycles. The Morgan fingerprint density at radius 2 is 2.14 bits per heavy atom. The maximum Gasteiger partial charge on any atom is 0.0218 e. The van der Waals surface area contributed by atoms with Gasteiger partial charge in [-0.1, -0.05) is 27.2 Å². The second-order valence-electron chi connectivity index (χ2n) is 4.96. The van der Waals surface area contributed by atoms with Crippen LogP contribution in [0.5, 0.6) is 0 Å². The van der Waals surface area contributed by atoms with E-state index in [2.05, 4.69) is 37.9 Å². The predicted octanol–water partition coefficient (Wildman–Crippen LogP) is 2.10. The monoisotopic (exact) mass is 198 g/mol. The first-order chi connectivity index (χ1) is 6.65. The molecule has 1 saturated heterocycles. The Hall–Kier alpha value is -0.0800. The van der Waals surface area contributed by atoms with E-state index in [4.69, 9.17) is 0 Å². The van der Waals surface area contributed by atoms with Crippen LogP contribution in [0.25, 0.3) is 0 Å². The van der Waals surface area contributed by atoms with Gasteiger partial charge < -0.3 is 5.32 Å². The van der Waals surface area contributed by atoms with E-state index in [1.807, 2.05) is 0 Å². The zero-order valence-electron chi connectivity index (χ0n) is 10.2. The van der Waals surface area contributed by atoms with Crippen LogP contribution in [0.3, 0.4) is 0 Å². The number of hydrogen-bond donors (Lipinski definition) is 1. The fourth-order valence-electron chi connectivity index (χ4n) is 2.07. The third-order valence-corrected chi connectivity index (χ3v) is 3.33. The summed E-state index contributed by atoms with van der Waals surface area (Å²) < 4.78 is 0. The number of nitrogens with zero attached hydrogens (tertiary/aromatic N) is 1. The van der Waals surface area contributed by atoms with Crippen LogP contribution < -0.4 is 5.32 Å². The van der Waals surface area contributed by atoms with Crippen LogP contribution in [-0.4, -0.2) is 36.6 Å². The molecule has 0 aromatic heterocycles. The molecule has 0 bridgehead atoms. The van der Waals surface area contributed by atoms with Crippen molar-refractivity contribution in [2.75, 3.05) is 19.6 Å². The molecular weight excluding hydrogens is 172 g/mol. The Labute approximate surface area is 89.1 Å². The third kappa shape index (κ3) is 3.25. The lowest BCUT2D eigenvalue weighted by atomic mass is 9.99. The Balaban J connectivity index is 2.38.